The van der Waals surface area contributed by atoms with Crippen LogP contribution in [0.4, 0.5) is 0 Å². The van der Waals surface area contributed by atoms with Gasteiger partial charge in [0.15, 0.2) is 11.8 Å². The minimum Gasteiger partial charge on any atom is -0.456 e. The van der Waals surface area contributed by atoms with Gasteiger partial charge in [-0.05, 0) is 44.9 Å². The number of hydrogen-bond donors (Lipinski definition) is 1. The predicted octanol–water partition coefficient (Wildman–Crippen LogP) is 2.51. The van der Waals surface area contributed by atoms with Crippen LogP contribution in [-0.2, 0) is 25.5 Å². The Kier molecular flexibility index (Phi) is 8.22. The van der Waals surface area contributed by atoms with E-state index in [4.69, 9.17) is 4.74 Å². The predicted molar refractivity (Wildman–Crippen MR) is 102 cm³/mol. The van der Waals surface area contributed by atoms with Gasteiger partial charge in [0, 0.05) is 23.7 Å². The van der Waals surface area contributed by atoms with Crippen molar-refractivity contribution >= 4 is 29.5 Å². The van der Waals surface area contributed by atoms with Crippen molar-refractivity contribution in [1.29, 1.82) is 0 Å². The number of hydrogen-bond acceptors (Lipinski definition) is 7. The first kappa shape index (κ1) is 21.3. The fourth-order valence-electron chi connectivity index (χ4n) is 3.25. The highest BCUT2D eigenvalue weighted by molar-refractivity contribution is 7.98. The lowest BCUT2D eigenvalue weighted by atomic mass is 9.89. The Bertz CT molecular complexity index is 679. The van der Waals surface area contributed by atoms with Crippen molar-refractivity contribution in [2.45, 2.75) is 63.9 Å². The second-order valence-electron chi connectivity index (χ2n) is 6.77. The summed E-state index contributed by atoms with van der Waals surface area (Å²) < 4.78 is 4.99. The number of carbonyl (C=O) groups is 3. The van der Waals surface area contributed by atoms with E-state index in [9.17, 15) is 14.4 Å². The standard InChI is InChI=1S/C19H27N3O4S/c1-12-15(13(2)21-19(20-12)27-3)9-10-17(24)26-11-16(23)22-18(25)14-7-5-4-6-8-14/h14H,4-11H2,1-3H3,(H,22,23,25). The van der Waals surface area contributed by atoms with E-state index < -0.39 is 18.5 Å². The lowest BCUT2D eigenvalue weighted by Gasteiger charge is -2.20. The molecular formula is C19H27N3O4S. The average Bonchev–Trinajstić information content (AvgIpc) is 2.66. The van der Waals surface area contributed by atoms with Gasteiger partial charge in [-0.2, -0.15) is 0 Å². The number of aryl methyl sites for hydroxylation is 2. The molecule has 1 aromatic heterocycles. The normalized spacial score (nSPS) is 14.6. The van der Waals surface area contributed by atoms with E-state index in [1.807, 2.05) is 20.1 Å². The molecule has 2 rings (SSSR count). The maximum atomic E-state index is 12.0. The molecule has 0 unspecified atom stereocenters. The first-order chi connectivity index (χ1) is 12.9. The molecule has 7 nitrogen and oxygen atoms in total. The summed E-state index contributed by atoms with van der Waals surface area (Å²) in [7, 11) is 0. The number of nitrogens with one attached hydrogen (secondary N) is 1. The summed E-state index contributed by atoms with van der Waals surface area (Å²) in [6.45, 7) is 3.34. The summed E-state index contributed by atoms with van der Waals surface area (Å²) in [5, 5.41) is 3.04. The molecule has 8 heteroatoms. The van der Waals surface area contributed by atoms with Gasteiger partial charge in [-0.25, -0.2) is 9.97 Å². The van der Waals surface area contributed by atoms with Crippen LogP contribution in [0.5, 0.6) is 0 Å². The maximum absolute atomic E-state index is 12.0. The topological polar surface area (TPSA) is 98.2 Å². The van der Waals surface area contributed by atoms with Gasteiger partial charge < -0.3 is 4.74 Å². The molecular weight excluding hydrogens is 366 g/mol. The molecule has 0 atom stereocenters. The van der Waals surface area contributed by atoms with Crippen molar-refractivity contribution in [2.24, 2.45) is 5.92 Å². The first-order valence-electron chi connectivity index (χ1n) is 9.28. The number of imide groups is 1. The first-order valence-corrected chi connectivity index (χ1v) is 10.5. The van der Waals surface area contributed by atoms with E-state index in [0.717, 1.165) is 49.1 Å². The largest absolute Gasteiger partial charge is 0.456 e. The van der Waals surface area contributed by atoms with E-state index in [0.29, 0.717) is 11.6 Å². The highest BCUT2D eigenvalue weighted by atomic mass is 32.2. The number of ether oxygens (including phenoxy) is 1. The molecule has 0 saturated heterocycles. The van der Waals surface area contributed by atoms with Crippen molar-refractivity contribution in [2.75, 3.05) is 12.9 Å². The zero-order valence-corrected chi connectivity index (χ0v) is 17.0. The smallest absolute Gasteiger partial charge is 0.306 e. The van der Waals surface area contributed by atoms with E-state index in [1.54, 1.807) is 0 Å². The van der Waals surface area contributed by atoms with E-state index in [1.165, 1.54) is 11.8 Å². The van der Waals surface area contributed by atoms with Crippen LogP contribution in [0.2, 0.25) is 0 Å². The number of thioether (sulfide) groups is 1. The van der Waals surface area contributed by atoms with Crippen LogP contribution in [0, 0.1) is 19.8 Å². The number of aromatic nitrogens is 2. The molecule has 1 aliphatic rings. The molecule has 1 aliphatic carbocycles. The Morgan fingerprint density at radius 1 is 1.11 bits per heavy atom. The zero-order chi connectivity index (χ0) is 19.8. The molecule has 1 heterocycles. The van der Waals surface area contributed by atoms with Crippen LogP contribution in [-0.4, -0.2) is 40.6 Å². The van der Waals surface area contributed by atoms with Gasteiger partial charge in [-0.3, -0.25) is 19.7 Å². The Balaban J connectivity index is 1.74. The summed E-state index contributed by atoms with van der Waals surface area (Å²) in [4.78, 5) is 44.5. The summed E-state index contributed by atoms with van der Waals surface area (Å²) in [5.41, 5.74) is 2.60. The Morgan fingerprint density at radius 2 is 1.74 bits per heavy atom. The zero-order valence-electron chi connectivity index (χ0n) is 16.2. The van der Waals surface area contributed by atoms with Crippen molar-refractivity contribution in [1.82, 2.24) is 15.3 Å². The van der Waals surface area contributed by atoms with Gasteiger partial charge in [0.1, 0.15) is 0 Å². The lowest BCUT2D eigenvalue weighted by Crippen LogP contribution is -2.38. The average molecular weight is 394 g/mol. The van der Waals surface area contributed by atoms with Gasteiger partial charge in [0.05, 0.1) is 0 Å². The molecule has 1 aromatic rings. The monoisotopic (exact) mass is 393 g/mol. The number of nitrogens with zero attached hydrogens (tertiary/aromatic N) is 2. The Morgan fingerprint density at radius 3 is 2.33 bits per heavy atom. The molecule has 1 saturated carbocycles. The minimum atomic E-state index is -0.570. The number of amides is 2. The maximum Gasteiger partial charge on any atom is 0.306 e. The van der Waals surface area contributed by atoms with E-state index in [2.05, 4.69) is 15.3 Å². The molecule has 0 bridgehead atoms. The number of carbonyl (C=O) groups excluding carboxylic acids is 3. The molecule has 0 aromatic carbocycles. The summed E-state index contributed by atoms with van der Waals surface area (Å²) in [6.07, 6.45) is 7.30. The van der Waals surface area contributed by atoms with Crippen molar-refractivity contribution in [3.05, 3.63) is 17.0 Å². The lowest BCUT2D eigenvalue weighted by molar-refractivity contribution is -0.150. The minimum absolute atomic E-state index is 0.103. The number of esters is 1. The fraction of sp³-hybridized carbons (Fsp3) is 0.632. The van der Waals surface area contributed by atoms with Crippen LogP contribution in [0.15, 0.2) is 5.16 Å². The van der Waals surface area contributed by atoms with Gasteiger partial charge >= 0.3 is 5.97 Å². The molecule has 0 spiro atoms. The molecule has 0 aliphatic heterocycles. The second kappa shape index (κ2) is 10.4. The Labute approximate surface area is 164 Å². The van der Waals surface area contributed by atoms with Crippen LogP contribution in [0.1, 0.15) is 55.5 Å². The second-order valence-corrected chi connectivity index (χ2v) is 7.54. The fourth-order valence-corrected chi connectivity index (χ4v) is 3.70. The highest BCUT2D eigenvalue weighted by Gasteiger charge is 2.23. The third kappa shape index (κ3) is 6.61. The summed E-state index contributed by atoms with van der Waals surface area (Å²) in [6, 6.07) is 0. The number of rotatable bonds is 7. The van der Waals surface area contributed by atoms with E-state index >= 15 is 0 Å². The van der Waals surface area contributed by atoms with Gasteiger partial charge in [-0.15, -0.1) is 0 Å². The molecule has 0 radical (unpaired) electrons. The highest BCUT2D eigenvalue weighted by Crippen LogP contribution is 2.23. The SMILES string of the molecule is CSc1nc(C)c(CCC(=O)OCC(=O)NC(=O)C2CCCCC2)c(C)n1. The van der Waals surface area contributed by atoms with Gasteiger partial charge in [0.25, 0.3) is 5.91 Å². The van der Waals surface area contributed by atoms with E-state index in [-0.39, 0.29) is 18.2 Å². The third-order valence-electron chi connectivity index (χ3n) is 4.76. The molecule has 148 valence electrons. The third-order valence-corrected chi connectivity index (χ3v) is 5.31. The van der Waals surface area contributed by atoms with Gasteiger partial charge in [0.2, 0.25) is 5.91 Å². The molecule has 2 amide bonds. The molecule has 1 fully saturated rings. The van der Waals surface area contributed by atoms with Crippen molar-refractivity contribution < 1.29 is 19.1 Å². The molecule has 1 N–H and O–H groups in total. The van der Waals surface area contributed by atoms with Crippen LogP contribution in [0.3, 0.4) is 0 Å². The Hall–Kier alpha value is -1.96. The van der Waals surface area contributed by atoms with Crippen LogP contribution < -0.4 is 5.32 Å². The van der Waals surface area contributed by atoms with Crippen LogP contribution in [0.25, 0.3) is 0 Å². The molecule has 27 heavy (non-hydrogen) atoms. The summed E-state index contributed by atoms with van der Waals surface area (Å²) >= 11 is 1.47. The van der Waals surface area contributed by atoms with Crippen molar-refractivity contribution in [3.8, 4) is 0 Å². The summed E-state index contributed by atoms with van der Waals surface area (Å²) in [5.74, 6) is -1.41. The van der Waals surface area contributed by atoms with Crippen LogP contribution >= 0.6 is 11.8 Å². The van der Waals surface area contributed by atoms with Crippen molar-refractivity contribution in [3.63, 3.8) is 0 Å². The quantitative estimate of drug-likeness (QED) is 0.432. The van der Waals surface area contributed by atoms with Gasteiger partial charge in [-0.1, -0.05) is 31.0 Å².